The summed E-state index contributed by atoms with van der Waals surface area (Å²) in [7, 11) is 0. The molecular weight excluding hydrogens is 432 g/mol. The van der Waals surface area contributed by atoms with Crippen molar-refractivity contribution in [1.82, 2.24) is 9.80 Å². The van der Waals surface area contributed by atoms with Gasteiger partial charge in [-0.05, 0) is 66.8 Å². The lowest BCUT2D eigenvalue weighted by atomic mass is 10.00. The van der Waals surface area contributed by atoms with E-state index in [9.17, 15) is 9.59 Å². The third-order valence-electron chi connectivity index (χ3n) is 7.09. The minimum Gasteiger partial charge on any atom is -0.491 e. The van der Waals surface area contributed by atoms with E-state index in [2.05, 4.69) is 37.4 Å². The van der Waals surface area contributed by atoms with Crippen molar-refractivity contribution in [3.63, 3.8) is 0 Å². The van der Waals surface area contributed by atoms with E-state index in [1.54, 1.807) is 16.2 Å². The number of carbonyl (C=O) groups is 2. The quantitative estimate of drug-likeness (QED) is 0.520. The Bertz CT molecular complexity index is 947. The molecule has 2 aromatic rings. The van der Waals surface area contributed by atoms with Crippen molar-refractivity contribution in [1.29, 1.82) is 0 Å². The molecule has 0 N–H and O–H groups in total. The standard InChI is InChI=1S/C27H36N2O3S/c1-4-28(27(31)21-7-5-6-8-21)17-26(30)29-15-13-25-23(14-16-33-25)24(29)18-32-22-11-9-20(10-12-22)19(2)3/h9-12,14,16,19,21,24H,4-8,13,15,17-18H2,1-3H3. The highest BCUT2D eigenvalue weighted by Crippen LogP contribution is 2.34. The summed E-state index contributed by atoms with van der Waals surface area (Å²) >= 11 is 1.75. The number of ether oxygens (including phenoxy) is 1. The van der Waals surface area contributed by atoms with Crippen molar-refractivity contribution in [3.05, 3.63) is 51.7 Å². The normalized spacial score (nSPS) is 18.4. The fraction of sp³-hybridized carbons (Fsp3) is 0.556. The van der Waals surface area contributed by atoms with Gasteiger partial charge in [0.05, 0.1) is 12.6 Å². The molecule has 1 unspecified atom stereocenters. The minimum atomic E-state index is -0.127. The second-order valence-corrected chi connectivity index (χ2v) is 10.5. The van der Waals surface area contributed by atoms with Crippen molar-refractivity contribution in [3.8, 4) is 5.75 Å². The molecule has 1 aliphatic carbocycles. The largest absolute Gasteiger partial charge is 0.491 e. The average molecular weight is 469 g/mol. The highest BCUT2D eigenvalue weighted by atomic mass is 32.1. The van der Waals surface area contributed by atoms with Crippen LogP contribution in [-0.2, 0) is 16.0 Å². The number of fused-ring (bicyclic) bond motifs is 1. The van der Waals surface area contributed by atoms with E-state index in [-0.39, 0.29) is 30.3 Å². The summed E-state index contributed by atoms with van der Waals surface area (Å²) in [6.45, 7) is 8.13. The summed E-state index contributed by atoms with van der Waals surface area (Å²) < 4.78 is 6.18. The molecule has 2 heterocycles. The van der Waals surface area contributed by atoms with Gasteiger partial charge in [0.15, 0.2) is 0 Å². The van der Waals surface area contributed by atoms with E-state index >= 15 is 0 Å². The van der Waals surface area contributed by atoms with Crippen LogP contribution in [0.25, 0.3) is 0 Å². The van der Waals surface area contributed by atoms with Crippen LogP contribution in [0.15, 0.2) is 35.7 Å². The van der Waals surface area contributed by atoms with E-state index in [4.69, 9.17) is 4.74 Å². The predicted molar refractivity (Wildman–Crippen MR) is 133 cm³/mol. The lowest BCUT2D eigenvalue weighted by Crippen LogP contribution is -2.48. The third-order valence-corrected chi connectivity index (χ3v) is 8.09. The summed E-state index contributed by atoms with van der Waals surface area (Å²) in [6.07, 6.45) is 5.01. The Morgan fingerprint density at radius 2 is 1.88 bits per heavy atom. The lowest BCUT2D eigenvalue weighted by molar-refractivity contribution is -0.144. The number of nitrogens with zero attached hydrogens (tertiary/aromatic N) is 2. The number of carbonyl (C=O) groups excluding carboxylic acids is 2. The molecule has 0 saturated heterocycles. The summed E-state index contributed by atoms with van der Waals surface area (Å²) in [4.78, 5) is 31.4. The van der Waals surface area contributed by atoms with Crippen LogP contribution in [0.2, 0.25) is 0 Å². The molecule has 6 heteroatoms. The molecule has 2 aliphatic rings. The van der Waals surface area contributed by atoms with Gasteiger partial charge in [-0.25, -0.2) is 0 Å². The van der Waals surface area contributed by atoms with Crippen molar-refractivity contribution in [2.75, 3.05) is 26.2 Å². The molecule has 1 atom stereocenters. The molecule has 0 bridgehead atoms. The number of amides is 2. The number of hydrogen-bond donors (Lipinski definition) is 0. The Hall–Kier alpha value is -2.34. The van der Waals surface area contributed by atoms with Crippen LogP contribution in [0, 0.1) is 5.92 Å². The number of thiophene rings is 1. The summed E-state index contributed by atoms with van der Waals surface area (Å²) in [5, 5.41) is 2.10. The van der Waals surface area contributed by atoms with Crippen molar-refractivity contribution in [2.45, 2.75) is 64.8 Å². The molecular formula is C27H36N2O3S. The maximum Gasteiger partial charge on any atom is 0.242 e. The van der Waals surface area contributed by atoms with Crippen molar-refractivity contribution >= 4 is 23.2 Å². The molecule has 1 aliphatic heterocycles. The monoisotopic (exact) mass is 468 g/mol. The van der Waals surface area contributed by atoms with Gasteiger partial charge in [-0.15, -0.1) is 11.3 Å². The van der Waals surface area contributed by atoms with Crippen LogP contribution < -0.4 is 4.74 Å². The summed E-state index contributed by atoms with van der Waals surface area (Å²) in [5.74, 6) is 1.56. The molecule has 0 radical (unpaired) electrons. The second kappa shape index (κ2) is 10.7. The highest BCUT2D eigenvalue weighted by Gasteiger charge is 2.34. The fourth-order valence-corrected chi connectivity index (χ4v) is 5.96. The fourth-order valence-electron chi connectivity index (χ4n) is 5.03. The van der Waals surface area contributed by atoms with Gasteiger partial charge >= 0.3 is 0 Å². The smallest absolute Gasteiger partial charge is 0.242 e. The maximum atomic E-state index is 13.4. The van der Waals surface area contributed by atoms with Gasteiger partial charge in [-0.1, -0.05) is 38.8 Å². The zero-order valence-electron chi connectivity index (χ0n) is 20.1. The van der Waals surface area contributed by atoms with Gasteiger partial charge in [-0.2, -0.15) is 0 Å². The van der Waals surface area contributed by atoms with E-state index in [1.165, 1.54) is 16.0 Å². The molecule has 2 amide bonds. The van der Waals surface area contributed by atoms with Gasteiger partial charge in [-0.3, -0.25) is 9.59 Å². The number of rotatable bonds is 8. The predicted octanol–water partition coefficient (Wildman–Crippen LogP) is 5.42. The molecule has 1 fully saturated rings. The Morgan fingerprint density at radius 3 is 2.55 bits per heavy atom. The third kappa shape index (κ3) is 5.43. The Morgan fingerprint density at radius 1 is 1.15 bits per heavy atom. The number of hydrogen-bond acceptors (Lipinski definition) is 4. The Kier molecular flexibility index (Phi) is 7.74. The van der Waals surface area contributed by atoms with Crippen LogP contribution in [0.4, 0.5) is 0 Å². The van der Waals surface area contributed by atoms with E-state index < -0.39 is 0 Å². The zero-order valence-corrected chi connectivity index (χ0v) is 20.9. The average Bonchev–Trinajstić information content (AvgIpc) is 3.53. The first kappa shape index (κ1) is 23.8. The molecule has 178 valence electrons. The molecule has 4 rings (SSSR count). The Balaban J connectivity index is 1.46. The van der Waals surface area contributed by atoms with Crippen molar-refractivity contribution in [2.24, 2.45) is 5.92 Å². The molecule has 0 spiro atoms. The van der Waals surface area contributed by atoms with Crippen LogP contribution in [0.5, 0.6) is 5.75 Å². The number of likely N-dealkylation sites (N-methyl/N-ethyl adjacent to an activating group) is 1. The first-order chi connectivity index (χ1) is 16.0. The molecule has 1 aromatic carbocycles. The molecule has 5 nitrogen and oxygen atoms in total. The first-order valence-corrected chi connectivity index (χ1v) is 13.2. The van der Waals surface area contributed by atoms with E-state index in [0.29, 0.717) is 25.6 Å². The molecule has 1 saturated carbocycles. The van der Waals surface area contributed by atoms with E-state index in [1.807, 2.05) is 24.0 Å². The van der Waals surface area contributed by atoms with Crippen LogP contribution >= 0.6 is 11.3 Å². The SMILES string of the molecule is CCN(CC(=O)N1CCc2sccc2C1COc1ccc(C(C)C)cc1)C(=O)C1CCCC1. The van der Waals surface area contributed by atoms with E-state index in [0.717, 1.165) is 37.9 Å². The van der Waals surface area contributed by atoms with Crippen LogP contribution in [0.1, 0.15) is 74.4 Å². The first-order valence-electron chi connectivity index (χ1n) is 12.3. The van der Waals surface area contributed by atoms with Gasteiger partial charge in [0, 0.05) is 23.9 Å². The lowest BCUT2D eigenvalue weighted by Gasteiger charge is -2.37. The van der Waals surface area contributed by atoms with Crippen molar-refractivity contribution < 1.29 is 14.3 Å². The van der Waals surface area contributed by atoms with Crippen LogP contribution in [0.3, 0.4) is 0 Å². The van der Waals surface area contributed by atoms with Gasteiger partial charge < -0.3 is 14.5 Å². The second-order valence-electron chi connectivity index (χ2n) is 9.52. The minimum absolute atomic E-state index is 0.0174. The molecule has 33 heavy (non-hydrogen) atoms. The Labute approximate surface area is 201 Å². The van der Waals surface area contributed by atoms with Crippen LogP contribution in [-0.4, -0.2) is 47.9 Å². The summed E-state index contributed by atoms with van der Waals surface area (Å²) in [5.41, 5.74) is 2.46. The zero-order chi connectivity index (χ0) is 23.4. The maximum absolute atomic E-state index is 13.4. The van der Waals surface area contributed by atoms with Gasteiger partial charge in [0.25, 0.3) is 0 Å². The van der Waals surface area contributed by atoms with Gasteiger partial charge in [0.1, 0.15) is 12.4 Å². The number of benzene rings is 1. The summed E-state index contributed by atoms with van der Waals surface area (Å²) in [6, 6.07) is 10.2. The van der Waals surface area contributed by atoms with Gasteiger partial charge in [0.2, 0.25) is 11.8 Å². The highest BCUT2D eigenvalue weighted by molar-refractivity contribution is 7.10. The topological polar surface area (TPSA) is 49.9 Å². The molecule has 1 aromatic heterocycles.